The molecular formula is C18H22BrF3N2O. The van der Waals surface area contributed by atoms with Gasteiger partial charge in [-0.05, 0) is 68.3 Å². The molecule has 3 nitrogen and oxygen atoms in total. The second-order valence-electron chi connectivity index (χ2n) is 7.22. The molecule has 1 heterocycles. The molecule has 1 saturated carbocycles. The fourth-order valence-corrected chi connectivity index (χ4v) is 4.15. The van der Waals surface area contributed by atoms with Crippen molar-refractivity contribution >= 4 is 21.8 Å². The van der Waals surface area contributed by atoms with Gasteiger partial charge >= 0.3 is 12.1 Å². The first kappa shape index (κ1) is 18.7. The summed E-state index contributed by atoms with van der Waals surface area (Å²) in [5.74, 6) is -1.68. The number of hydrogen-bond acceptors (Lipinski definition) is 2. The number of carbonyl (C=O) groups is 1. The van der Waals surface area contributed by atoms with E-state index in [-0.39, 0.29) is 18.0 Å². The van der Waals surface area contributed by atoms with Gasteiger partial charge in [0, 0.05) is 17.1 Å². The van der Waals surface area contributed by atoms with Crippen LogP contribution in [0.3, 0.4) is 0 Å². The molecule has 0 bridgehead atoms. The van der Waals surface area contributed by atoms with Crippen molar-refractivity contribution in [3.05, 3.63) is 34.3 Å². The zero-order valence-corrected chi connectivity index (χ0v) is 15.5. The molecule has 1 aromatic carbocycles. The fraction of sp³-hybridized carbons (Fsp3) is 0.611. The fourth-order valence-electron chi connectivity index (χ4n) is 3.70. The van der Waals surface area contributed by atoms with Crippen molar-refractivity contribution in [3.8, 4) is 0 Å². The topological polar surface area (TPSA) is 32.3 Å². The molecule has 0 atom stereocenters. The highest BCUT2D eigenvalue weighted by Gasteiger charge is 2.49. The zero-order chi connectivity index (χ0) is 18.1. The maximum atomic E-state index is 13.0. The van der Waals surface area contributed by atoms with Gasteiger partial charge in [0.25, 0.3) is 0 Å². The minimum Gasteiger partial charge on any atom is -0.331 e. The summed E-state index contributed by atoms with van der Waals surface area (Å²) in [5.41, 5.74) is 0.779. The van der Waals surface area contributed by atoms with E-state index in [4.69, 9.17) is 0 Å². The average molecular weight is 419 g/mol. The van der Waals surface area contributed by atoms with Crippen molar-refractivity contribution in [2.24, 2.45) is 5.41 Å². The Balaban J connectivity index is 1.83. The van der Waals surface area contributed by atoms with Gasteiger partial charge in [-0.3, -0.25) is 4.79 Å². The van der Waals surface area contributed by atoms with Crippen LogP contribution in [-0.4, -0.2) is 42.7 Å². The SMILES string of the molecule is O=C(N(CC1(Cc2cccc(Br)c2)CCNCC1)C1CC1)C(F)(F)F. The maximum absolute atomic E-state index is 13.0. The lowest BCUT2D eigenvalue weighted by molar-refractivity contribution is -0.188. The standard InChI is InChI=1S/C18H22BrF3N2O/c19-14-3-1-2-13(10-14)11-17(6-8-23-9-7-17)12-24(15-4-5-15)16(25)18(20,21)22/h1-3,10,15,23H,4-9,11-12H2. The second kappa shape index (κ2) is 7.27. The largest absolute Gasteiger partial charge is 0.471 e. The summed E-state index contributed by atoms with van der Waals surface area (Å²) in [7, 11) is 0. The van der Waals surface area contributed by atoms with E-state index in [0.717, 1.165) is 40.9 Å². The van der Waals surface area contributed by atoms with Crippen LogP contribution in [0, 0.1) is 5.41 Å². The van der Waals surface area contributed by atoms with Crippen molar-refractivity contribution in [2.75, 3.05) is 19.6 Å². The first-order chi connectivity index (χ1) is 11.8. The Labute approximate surface area is 154 Å². The lowest BCUT2D eigenvalue weighted by Gasteiger charge is -2.42. The number of nitrogens with one attached hydrogen (secondary N) is 1. The van der Waals surface area contributed by atoms with Crippen molar-refractivity contribution in [2.45, 2.75) is 44.3 Å². The van der Waals surface area contributed by atoms with Crippen molar-refractivity contribution < 1.29 is 18.0 Å². The molecule has 0 aromatic heterocycles. The van der Waals surface area contributed by atoms with E-state index in [9.17, 15) is 18.0 Å². The Morgan fingerprint density at radius 2 is 1.96 bits per heavy atom. The van der Waals surface area contributed by atoms with Crippen molar-refractivity contribution in [1.82, 2.24) is 10.2 Å². The van der Waals surface area contributed by atoms with E-state index in [0.29, 0.717) is 19.3 Å². The van der Waals surface area contributed by atoms with Gasteiger partial charge in [0.15, 0.2) is 0 Å². The van der Waals surface area contributed by atoms with Crippen LogP contribution < -0.4 is 5.32 Å². The van der Waals surface area contributed by atoms with Crippen molar-refractivity contribution in [3.63, 3.8) is 0 Å². The number of halogens is 4. The highest BCUT2D eigenvalue weighted by molar-refractivity contribution is 9.10. The Morgan fingerprint density at radius 1 is 1.28 bits per heavy atom. The van der Waals surface area contributed by atoms with E-state index < -0.39 is 12.1 Å². The zero-order valence-electron chi connectivity index (χ0n) is 13.9. The number of alkyl halides is 3. The smallest absolute Gasteiger partial charge is 0.331 e. The molecule has 1 aliphatic carbocycles. The molecule has 0 spiro atoms. The van der Waals surface area contributed by atoms with Gasteiger partial charge in [0.1, 0.15) is 0 Å². The van der Waals surface area contributed by atoms with E-state index >= 15 is 0 Å². The molecule has 2 aliphatic rings. The lowest BCUT2D eigenvalue weighted by Crippen LogP contribution is -2.51. The van der Waals surface area contributed by atoms with Crippen molar-refractivity contribution in [1.29, 1.82) is 0 Å². The molecule has 1 amide bonds. The first-order valence-electron chi connectivity index (χ1n) is 8.62. The summed E-state index contributed by atoms with van der Waals surface area (Å²) in [6.07, 6.45) is -1.23. The Morgan fingerprint density at radius 3 is 2.52 bits per heavy atom. The third kappa shape index (κ3) is 4.76. The number of carbonyl (C=O) groups excluding carboxylic acids is 1. The maximum Gasteiger partial charge on any atom is 0.471 e. The van der Waals surface area contributed by atoms with Gasteiger partial charge in [0.05, 0.1) is 0 Å². The Hall–Kier alpha value is -1.08. The minimum absolute atomic E-state index is 0.185. The lowest BCUT2D eigenvalue weighted by atomic mass is 9.73. The minimum atomic E-state index is -4.80. The Kier molecular flexibility index (Phi) is 5.44. The third-order valence-electron chi connectivity index (χ3n) is 5.13. The van der Waals surface area contributed by atoms with Crippen LogP contribution in [0.1, 0.15) is 31.2 Å². The van der Waals surface area contributed by atoms with Gasteiger partial charge in [-0.1, -0.05) is 28.1 Å². The van der Waals surface area contributed by atoms with Gasteiger partial charge in [-0.15, -0.1) is 0 Å². The molecule has 3 rings (SSSR count). The average Bonchev–Trinajstić information content (AvgIpc) is 3.37. The van der Waals surface area contributed by atoms with Gasteiger partial charge in [0.2, 0.25) is 0 Å². The van der Waals surface area contributed by atoms with E-state index in [1.165, 1.54) is 0 Å². The van der Waals surface area contributed by atoms with Crippen LogP contribution in [0.4, 0.5) is 13.2 Å². The van der Waals surface area contributed by atoms with Gasteiger partial charge in [-0.2, -0.15) is 13.2 Å². The molecular weight excluding hydrogens is 397 g/mol. The number of nitrogens with zero attached hydrogens (tertiary/aromatic N) is 1. The number of benzene rings is 1. The predicted molar refractivity (Wildman–Crippen MR) is 93.2 cm³/mol. The monoisotopic (exact) mass is 418 g/mol. The molecule has 0 unspecified atom stereocenters. The van der Waals surface area contributed by atoms with Gasteiger partial charge in [-0.25, -0.2) is 0 Å². The molecule has 138 valence electrons. The first-order valence-corrected chi connectivity index (χ1v) is 9.41. The molecule has 1 N–H and O–H groups in total. The highest BCUT2D eigenvalue weighted by atomic mass is 79.9. The summed E-state index contributed by atoms with van der Waals surface area (Å²) in [5, 5.41) is 3.28. The van der Waals surface area contributed by atoms with Crippen LogP contribution in [0.15, 0.2) is 28.7 Å². The normalized spacial score (nSPS) is 20.3. The van der Waals surface area contributed by atoms with Gasteiger partial charge < -0.3 is 10.2 Å². The van der Waals surface area contributed by atoms with Crippen LogP contribution in [0.25, 0.3) is 0 Å². The number of hydrogen-bond donors (Lipinski definition) is 1. The van der Waals surface area contributed by atoms with Crippen LogP contribution in [0.2, 0.25) is 0 Å². The summed E-state index contributed by atoms with van der Waals surface area (Å²) in [4.78, 5) is 13.0. The highest BCUT2D eigenvalue weighted by Crippen LogP contribution is 2.39. The summed E-state index contributed by atoms with van der Waals surface area (Å²) in [6, 6.07) is 7.64. The Bertz CT molecular complexity index is 625. The van der Waals surface area contributed by atoms with Crippen LogP contribution in [-0.2, 0) is 11.2 Å². The molecule has 1 aromatic rings. The van der Waals surface area contributed by atoms with E-state index in [1.807, 2.05) is 24.3 Å². The molecule has 2 fully saturated rings. The molecule has 0 radical (unpaired) electrons. The summed E-state index contributed by atoms with van der Waals surface area (Å²) < 4.78 is 40.1. The quantitative estimate of drug-likeness (QED) is 0.785. The third-order valence-corrected chi connectivity index (χ3v) is 5.62. The number of rotatable bonds is 5. The number of piperidine rings is 1. The summed E-state index contributed by atoms with van der Waals surface area (Å²) >= 11 is 3.45. The van der Waals surface area contributed by atoms with Crippen LogP contribution >= 0.6 is 15.9 Å². The molecule has 7 heteroatoms. The second-order valence-corrected chi connectivity index (χ2v) is 8.13. The summed E-state index contributed by atoms with van der Waals surface area (Å²) in [6.45, 7) is 1.73. The van der Waals surface area contributed by atoms with Crippen LogP contribution in [0.5, 0.6) is 0 Å². The molecule has 1 aliphatic heterocycles. The number of amides is 1. The van der Waals surface area contributed by atoms with E-state index in [1.54, 1.807) is 0 Å². The molecule has 1 saturated heterocycles. The van der Waals surface area contributed by atoms with E-state index in [2.05, 4.69) is 21.2 Å². The molecule has 25 heavy (non-hydrogen) atoms. The predicted octanol–water partition coefficient (Wildman–Crippen LogP) is 3.91.